The molecule has 1 saturated heterocycles. The summed E-state index contributed by atoms with van der Waals surface area (Å²) in [5, 5.41) is 3.70. The number of pyridine rings is 1. The summed E-state index contributed by atoms with van der Waals surface area (Å²) in [6.07, 6.45) is -1.52. The predicted octanol–water partition coefficient (Wildman–Crippen LogP) is 3.86. The van der Waals surface area contributed by atoms with E-state index >= 15 is 0 Å². The second-order valence-electron chi connectivity index (χ2n) is 7.51. The van der Waals surface area contributed by atoms with E-state index in [-0.39, 0.29) is 12.1 Å². The minimum atomic E-state index is -2.87. The highest BCUT2D eigenvalue weighted by atomic mass is 19.3. The van der Waals surface area contributed by atoms with Crippen LogP contribution in [0, 0.1) is 5.82 Å². The first-order valence-electron chi connectivity index (χ1n) is 10.5. The van der Waals surface area contributed by atoms with E-state index in [9.17, 15) is 13.2 Å². The number of nitrogens with one attached hydrogen (secondary N) is 1. The Bertz CT molecular complexity index is 1090. The Hall–Kier alpha value is -3.14. The molecule has 1 aliphatic heterocycles. The van der Waals surface area contributed by atoms with Gasteiger partial charge in [-0.1, -0.05) is 25.1 Å². The van der Waals surface area contributed by atoms with Gasteiger partial charge in [0, 0.05) is 38.3 Å². The normalized spacial score (nSPS) is 14.9. The molecule has 10 heteroatoms. The molecular formula is C22H25F3N6O. The van der Waals surface area contributed by atoms with Crippen LogP contribution < -0.4 is 15.0 Å². The van der Waals surface area contributed by atoms with Crippen LogP contribution in [-0.2, 0) is 6.54 Å². The van der Waals surface area contributed by atoms with Gasteiger partial charge >= 0.3 is 0 Å². The van der Waals surface area contributed by atoms with Gasteiger partial charge in [-0.2, -0.15) is 4.98 Å². The van der Waals surface area contributed by atoms with Gasteiger partial charge in [-0.05, 0) is 12.6 Å². The monoisotopic (exact) mass is 446 g/mol. The molecule has 3 aromatic rings. The molecule has 7 nitrogen and oxygen atoms in total. The van der Waals surface area contributed by atoms with Crippen molar-refractivity contribution < 1.29 is 17.9 Å². The van der Waals surface area contributed by atoms with Crippen LogP contribution in [0.15, 0.2) is 30.6 Å². The molecule has 32 heavy (non-hydrogen) atoms. The molecular weight excluding hydrogens is 421 g/mol. The quantitative estimate of drug-likeness (QED) is 0.591. The number of benzene rings is 1. The smallest absolute Gasteiger partial charge is 0.266 e. The Morgan fingerprint density at radius 1 is 1.16 bits per heavy atom. The molecule has 1 aliphatic rings. The van der Waals surface area contributed by atoms with Crippen LogP contribution in [0.4, 0.5) is 24.7 Å². The number of ether oxygens (including phenoxy) is 1. The first-order valence-corrected chi connectivity index (χ1v) is 10.5. The number of fused-ring (bicyclic) bond motifs is 1. The lowest BCUT2D eigenvalue weighted by atomic mass is 10.1. The van der Waals surface area contributed by atoms with Gasteiger partial charge in [-0.15, -0.1) is 0 Å². The number of likely N-dealkylation sites (N-methyl/N-ethyl adjacent to an activating group) is 1. The van der Waals surface area contributed by atoms with E-state index in [1.807, 2.05) is 6.07 Å². The van der Waals surface area contributed by atoms with Crippen LogP contribution in [0.25, 0.3) is 11.0 Å². The second-order valence-corrected chi connectivity index (χ2v) is 7.51. The fourth-order valence-corrected chi connectivity index (χ4v) is 3.87. The van der Waals surface area contributed by atoms with Gasteiger partial charge in [-0.3, -0.25) is 0 Å². The summed E-state index contributed by atoms with van der Waals surface area (Å²) in [5.74, 6) is 0.00543. The second kappa shape index (κ2) is 9.56. The molecule has 0 bridgehead atoms. The zero-order chi connectivity index (χ0) is 22.7. The third-order valence-electron chi connectivity index (χ3n) is 5.71. The number of aromatic nitrogens is 3. The lowest BCUT2D eigenvalue weighted by Gasteiger charge is -2.35. The van der Waals surface area contributed by atoms with Crippen LogP contribution in [0.5, 0.6) is 5.88 Å². The third kappa shape index (κ3) is 4.40. The van der Waals surface area contributed by atoms with Crippen molar-refractivity contribution in [3.8, 4) is 5.88 Å². The standard InChI is InChI=1S/C22H25F3N6O/c1-3-30-7-9-31(10-8-30)17-11-16-20(27-13-28-21(16)29-22(17)32-2)26-12-14-5-4-6-15(18(14)23)19(24)25/h4-6,11,13,19H,3,7-10,12H2,1-2H3,(H,26,27,28,29). The number of hydrogen-bond acceptors (Lipinski definition) is 7. The average molecular weight is 446 g/mol. The van der Waals surface area contributed by atoms with Crippen molar-refractivity contribution in [2.24, 2.45) is 0 Å². The number of nitrogens with zero attached hydrogens (tertiary/aromatic N) is 5. The molecule has 2 aromatic heterocycles. The van der Waals surface area contributed by atoms with Gasteiger partial charge < -0.3 is 19.9 Å². The van der Waals surface area contributed by atoms with Crippen molar-refractivity contribution >= 4 is 22.5 Å². The Morgan fingerprint density at radius 2 is 1.94 bits per heavy atom. The van der Waals surface area contributed by atoms with Crippen LogP contribution in [0.3, 0.4) is 0 Å². The molecule has 0 spiro atoms. The minimum Gasteiger partial charge on any atom is -0.479 e. The van der Waals surface area contributed by atoms with E-state index < -0.39 is 17.8 Å². The number of halogens is 3. The highest BCUT2D eigenvalue weighted by Crippen LogP contribution is 2.33. The Morgan fingerprint density at radius 3 is 2.62 bits per heavy atom. The largest absolute Gasteiger partial charge is 0.479 e. The summed E-state index contributed by atoms with van der Waals surface area (Å²) in [6, 6.07) is 5.89. The third-order valence-corrected chi connectivity index (χ3v) is 5.71. The fraction of sp³-hybridized carbons (Fsp3) is 0.409. The zero-order valence-electron chi connectivity index (χ0n) is 18.0. The SMILES string of the molecule is CCN1CCN(c2cc3c(NCc4cccc(C(F)F)c4F)ncnc3nc2OC)CC1. The molecule has 1 aromatic carbocycles. The first-order chi connectivity index (χ1) is 15.5. The van der Waals surface area contributed by atoms with E-state index in [1.54, 1.807) is 7.11 Å². The molecule has 1 N–H and O–H groups in total. The molecule has 170 valence electrons. The maximum absolute atomic E-state index is 14.4. The molecule has 1 fully saturated rings. The average Bonchev–Trinajstić information content (AvgIpc) is 2.82. The topological polar surface area (TPSA) is 66.4 Å². The molecule has 0 saturated carbocycles. The molecule has 3 heterocycles. The number of piperazine rings is 1. The Labute approximate surface area is 184 Å². The van der Waals surface area contributed by atoms with E-state index in [0.29, 0.717) is 22.7 Å². The highest BCUT2D eigenvalue weighted by molar-refractivity contribution is 5.90. The zero-order valence-corrected chi connectivity index (χ0v) is 18.0. The molecule has 0 unspecified atom stereocenters. The summed E-state index contributed by atoms with van der Waals surface area (Å²) in [6.45, 7) is 6.69. The Balaban J connectivity index is 1.64. The van der Waals surface area contributed by atoms with Crippen molar-refractivity contribution in [3.63, 3.8) is 0 Å². The van der Waals surface area contributed by atoms with Crippen LogP contribution >= 0.6 is 0 Å². The van der Waals surface area contributed by atoms with Crippen molar-refractivity contribution in [3.05, 3.63) is 47.5 Å². The van der Waals surface area contributed by atoms with Crippen molar-refractivity contribution in [2.45, 2.75) is 19.9 Å². The van der Waals surface area contributed by atoms with Gasteiger partial charge in [0.25, 0.3) is 6.43 Å². The molecule has 0 amide bonds. The number of alkyl halides is 2. The van der Waals surface area contributed by atoms with Crippen molar-refractivity contribution in [2.75, 3.05) is 50.1 Å². The highest BCUT2D eigenvalue weighted by Gasteiger charge is 2.22. The van der Waals surface area contributed by atoms with Gasteiger partial charge in [-0.25, -0.2) is 23.1 Å². The van der Waals surface area contributed by atoms with E-state index in [1.165, 1.54) is 18.5 Å². The first kappa shape index (κ1) is 22.1. The summed E-state index contributed by atoms with van der Waals surface area (Å²) in [7, 11) is 1.57. The predicted molar refractivity (Wildman–Crippen MR) is 117 cm³/mol. The van der Waals surface area contributed by atoms with Crippen LogP contribution in [-0.4, -0.2) is 59.7 Å². The fourth-order valence-electron chi connectivity index (χ4n) is 3.87. The van der Waals surface area contributed by atoms with Crippen LogP contribution in [0.2, 0.25) is 0 Å². The summed E-state index contributed by atoms with van der Waals surface area (Å²) >= 11 is 0. The van der Waals surface area contributed by atoms with Gasteiger partial charge in [0.1, 0.15) is 23.6 Å². The van der Waals surface area contributed by atoms with Crippen molar-refractivity contribution in [1.82, 2.24) is 19.9 Å². The summed E-state index contributed by atoms with van der Waals surface area (Å²) in [5.41, 5.74) is 0.778. The molecule has 4 rings (SSSR count). The minimum absolute atomic E-state index is 0.00492. The van der Waals surface area contributed by atoms with Crippen LogP contribution in [0.1, 0.15) is 24.5 Å². The maximum atomic E-state index is 14.4. The summed E-state index contributed by atoms with van der Waals surface area (Å²) in [4.78, 5) is 17.6. The lowest BCUT2D eigenvalue weighted by molar-refractivity contribution is 0.146. The molecule has 0 aliphatic carbocycles. The van der Waals surface area contributed by atoms with Gasteiger partial charge in [0.05, 0.1) is 18.1 Å². The van der Waals surface area contributed by atoms with Gasteiger partial charge in [0.2, 0.25) is 5.88 Å². The summed E-state index contributed by atoms with van der Waals surface area (Å²) < 4.78 is 45.9. The van der Waals surface area contributed by atoms with Crippen molar-refractivity contribution in [1.29, 1.82) is 0 Å². The Kier molecular flexibility index (Phi) is 6.59. The van der Waals surface area contributed by atoms with Gasteiger partial charge in [0.15, 0.2) is 5.65 Å². The number of methoxy groups -OCH3 is 1. The van der Waals surface area contributed by atoms with E-state index in [4.69, 9.17) is 4.74 Å². The molecule has 0 radical (unpaired) electrons. The van der Waals surface area contributed by atoms with E-state index in [0.717, 1.165) is 44.5 Å². The maximum Gasteiger partial charge on any atom is 0.266 e. The molecule has 0 atom stereocenters. The number of rotatable bonds is 7. The lowest BCUT2D eigenvalue weighted by Crippen LogP contribution is -2.46. The number of hydrogen-bond donors (Lipinski definition) is 1. The number of anilines is 2. The van der Waals surface area contributed by atoms with E-state index in [2.05, 4.69) is 37.0 Å².